The molecule has 4 rings (SSSR count). The highest BCUT2D eigenvalue weighted by Gasteiger charge is 2.20. The van der Waals surface area contributed by atoms with E-state index in [9.17, 15) is 14.7 Å². The number of nitrogens with two attached hydrogens (primary N) is 1. The molecule has 0 fully saturated rings. The predicted octanol–water partition coefficient (Wildman–Crippen LogP) is 1.99. The molecule has 0 radical (unpaired) electrons. The molecule has 0 aliphatic rings. The molecule has 4 aromatic rings. The van der Waals surface area contributed by atoms with Gasteiger partial charge >= 0.3 is 5.97 Å². The summed E-state index contributed by atoms with van der Waals surface area (Å²) < 4.78 is 7.06. The minimum absolute atomic E-state index is 0.0647. The minimum atomic E-state index is -1.07. The first-order chi connectivity index (χ1) is 12.9. The van der Waals surface area contributed by atoms with Crippen molar-refractivity contribution in [1.29, 1.82) is 0 Å². The maximum atomic E-state index is 12.5. The van der Waals surface area contributed by atoms with Gasteiger partial charge in [0.25, 0.3) is 5.91 Å². The van der Waals surface area contributed by atoms with Crippen LogP contribution in [0.1, 0.15) is 32.0 Å². The van der Waals surface area contributed by atoms with Crippen LogP contribution in [0.4, 0.5) is 5.82 Å². The largest absolute Gasteiger partial charge is 0.478 e. The first kappa shape index (κ1) is 16.6. The van der Waals surface area contributed by atoms with Crippen LogP contribution in [0.2, 0.25) is 0 Å². The van der Waals surface area contributed by atoms with Gasteiger partial charge in [-0.15, -0.1) is 5.10 Å². The zero-order valence-electron chi connectivity index (χ0n) is 14.3. The molecule has 0 spiro atoms. The van der Waals surface area contributed by atoms with Crippen molar-refractivity contribution in [2.75, 3.05) is 5.73 Å². The second kappa shape index (κ2) is 6.13. The summed E-state index contributed by atoms with van der Waals surface area (Å²) in [7, 11) is 0. The van der Waals surface area contributed by atoms with E-state index >= 15 is 0 Å². The molecule has 3 heterocycles. The summed E-state index contributed by atoms with van der Waals surface area (Å²) in [6, 6.07) is 6.75. The van der Waals surface area contributed by atoms with Gasteiger partial charge in [-0.1, -0.05) is 0 Å². The van der Waals surface area contributed by atoms with Gasteiger partial charge in [0.1, 0.15) is 22.5 Å². The fourth-order valence-electron chi connectivity index (χ4n) is 2.98. The Bertz CT molecular complexity index is 1210. The van der Waals surface area contributed by atoms with Gasteiger partial charge in [0.15, 0.2) is 11.5 Å². The Morgan fingerprint density at radius 2 is 2.15 bits per heavy atom. The van der Waals surface area contributed by atoms with Crippen molar-refractivity contribution in [3.63, 3.8) is 0 Å². The monoisotopic (exact) mass is 365 g/mol. The summed E-state index contributed by atoms with van der Waals surface area (Å²) in [5, 5.41) is 16.7. The number of nitrogens with one attached hydrogen (secondary N) is 1. The first-order valence-electron chi connectivity index (χ1n) is 8.07. The van der Waals surface area contributed by atoms with Crippen molar-refractivity contribution < 1.29 is 19.1 Å². The fourth-order valence-corrected chi connectivity index (χ4v) is 2.98. The fraction of sp³-hybridized carbons (Fsp3) is 0.111. The number of carboxylic acid groups (broad SMARTS) is 1. The second-order valence-electron chi connectivity index (χ2n) is 6.08. The van der Waals surface area contributed by atoms with Crippen molar-refractivity contribution in [3.05, 3.63) is 59.1 Å². The highest BCUT2D eigenvalue weighted by atomic mass is 16.4. The number of hydrogen-bond donors (Lipinski definition) is 3. The number of carboxylic acids is 1. The average molecular weight is 365 g/mol. The lowest BCUT2D eigenvalue weighted by Crippen LogP contribution is -2.23. The van der Waals surface area contributed by atoms with Crippen LogP contribution in [0.25, 0.3) is 16.6 Å². The molecule has 1 amide bonds. The van der Waals surface area contributed by atoms with Crippen molar-refractivity contribution in [1.82, 2.24) is 19.9 Å². The van der Waals surface area contributed by atoms with Crippen molar-refractivity contribution >= 4 is 34.3 Å². The number of hydrogen-bond acceptors (Lipinski definition) is 6. The number of amides is 1. The Hall–Kier alpha value is -3.88. The van der Waals surface area contributed by atoms with Crippen LogP contribution in [0.3, 0.4) is 0 Å². The van der Waals surface area contributed by atoms with Gasteiger partial charge in [0.2, 0.25) is 0 Å². The number of nitrogens with zero attached hydrogens (tertiary/aromatic N) is 3. The van der Waals surface area contributed by atoms with Crippen LogP contribution in [0.5, 0.6) is 0 Å². The molecule has 0 unspecified atom stereocenters. The normalized spacial score (nSPS) is 11.1. The smallest absolute Gasteiger partial charge is 0.339 e. The van der Waals surface area contributed by atoms with E-state index in [1.807, 2.05) is 6.07 Å². The summed E-state index contributed by atoms with van der Waals surface area (Å²) >= 11 is 0. The average Bonchev–Trinajstić information content (AvgIpc) is 3.18. The number of fused-ring (bicyclic) bond motifs is 2. The number of benzene rings is 1. The van der Waals surface area contributed by atoms with Gasteiger partial charge in [0, 0.05) is 17.8 Å². The molecule has 0 atom stereocenters. The molecule has 0 aliphatic carbocycles. The maximum Gasteiger partial charge on any atom is 0.339 e. The lowest BCUT2D eigenvalue weighted by Gasteiger charge is -2.02. The van der Waals surface area contributed by atoms with E-state index in [1.54, 1.807) is 37.5 Å². The molecule has 9 heteroatoms. The maximum absolute atomic E-state index is 12.5. The highest BCUT2D eigenvalue weighted by Crippen LogP contribution is 2.25. The number of anilines is 1. The number of nitrogen functional groups attached to an aromatic ring is 1. The van der Waals surface area contributed by atoms with Crippen LogP contribution in [-0.4, -0.2) is 31.6 Å². The molecule has 9 nitrogen and oxygen atoms in total. The minimum Gasteiger partial charge on any atom is -0.478 e. The number of aromatic nitrogens is 3. The van der Waals surface area contributed by atoms with E-state index in [4.69, 9.17) is 10.2 Å². The molecule has 0 bridgehead atoms. The van der Waals surface area contributed by atoms with E-state index in [-0.39, 0.29) is 29.1 Å². The van der Waals surface area contributed by atoms with Crippen LogP contribution in [-0.2, 0) is 6.54 Å². The molecule has 0 aliphatic heterocycles. The highest BCUT2D eigenvalue weighted by molar-refractivity contribution is 6.04. The van der Waals surface area contributed by atoms with E-state index in [2.05, 4.69) is 15.4 Å². The third-order valence-electron chi connectivity index (χ3n) is 4.11. The summed E-state index contributed by atoms with van der Waals surface area (Å²) in [5.74, 6) is -1.02. The van der Waals surface area contributed by atoms with Gasteiger partial charge in [-0.05, 0) is 36.8 Å². The number of carbonyl (C=O) groups excluding carboxylic acids is 1. The van der Waals surface area contributed by atoms with E-state index in [1.165, 1.54) is 4.52 Å². The van der Waals surface area contributed by atoms with Crippen LogP contribution in [0, 0.1) is 6.92 Å². The Morgan fingerprint density at radius 3 is 2.93 bits per heavy atom. The number of aromatic carboxylic acids is 1. The Morgan fingerprint density at radius 1 is 1.33 bits per heavy atom. The summed E-state index contributed by atoms with van der Waals surface area (Å²) in [4.78, 5) is 28.1. The van der Waals surface area contributed by atoms with Gasteiger partial charge in [0.05, 0.1) is 6.54 Å². The topological polar surface area (TPSA) is 136 Å². The third kappa shape index (κ3) is 2.84. The lowest BCUT2D eigenvalue weighted by molar-refractivity contribution is 0.0697. The van der Waals surface area contributed by atoms with Gasteiger partial charge in [-0.3, -0.25) is 4.79 Å². The number of rotatable bonds is 4. The summed E-state index contributed by atoms with van der Waals surface area (Å²) in [6.45, 7) is 1.87. The number of carbonyl (C=O) groups is 2. The van der Waals surface area contributed by atoms with E-state index in [0.29, 0.717) is 16.8 Å². The van der Waals surface area contributed by atoms with Crippen molar-refractivity contribution in [3.8, 4) is 0 Å². The number of furan rings is 1. The van der Waals surface area contributed by atoms with Crippen molar-refractivity contribution in [2.24, 2.45) is 0 Å². The molecule has 0 saturated carbocycles. The molecule has 136 valence electrons. The van der Waals surface area contributed by atoms with E-state index in [0.717, 1.165) is 5.56 Å². The Labute approximate surface area is 152 Å². The second-order valence-corrected chi connectivity index (χ2v) is 6.08. The van der Waals surface area contributed by atoms with E-state index < -0.39 is 11.9 Å². The summed E-state index contributed by atoms with van der Waals surface area (Å²) in [6.07, 6.45) is 3.19. The van der Waals surface area contributed by atoms with Gasteiger partial charge < -0.3 is 20.6 Å². The first-order valence-corrected chi connectivity index (χ1v) is 8.07. The standard InChI is InChI=1S/C18H15N5O4/c1-9-5-10-7-11(27-14(10)12(6-9)18(25)26)8-21-17(24)13-15(19)22-23-4-2-3-20-16(13)23/h2-7H,8H2,1H3,(H2,19,22)(H,21,24)(H,25,26). The van der Waals surface area contributed by atoms with Crippen LogP contribution in [0.15, 0.2) is 41.1 Å². The molecule has 1 aromatic carbocycles. The Kier molecular flexibility index (Phi) is 3.76. The van der Waals surface area contributed by atoms with Gasteiger partial charge in [-0.25, -0.2) is 14.3 Å². The molecule has 27 heavy (non-hydrogen) atoms. The molecular formula is C18H15N5O4. The van der Waals surface area contributed by atoms with Gasteiger partial charge in [-0.2, -0.15) is 0 Å². The zero-order valence-corrected chi connectivity index (χ0v) is 14.3. The predicted molar refractivity (Wildman–Crippen MR) is 96.5 cm³/mol. The zero-order chi connectivity index (χ0) is 19.1. The number of aryl methyl sites for hydroxylation is 1. The molecular weight excluding hydrogens is 350 g/mol. The third-order valence-corrected chi connectivity index (χ3v) is 4.11. The van der Waals surface area contributed by atoms with Crippen molar-refractivity contribution in [2.45, 2.75) is 13.5 Å². The Balaban J connectivity index is 1.61. The van der Waals surface area contributed by atoms with Crippen LogP contribution >= 0.6 is 0 Å². The molecule has 0 saturated heterocycles. The summed E-state index contributed by atoms with van der Waals surface area (Å²) in [5.41, 5.74) is 7.52. The SMILES string of the molecule is Cc1cc(C(=O)O)c2oc(CNC(=O)c3c(N)nn4cccnc34)cc2c1. The quantitative estimate of drug-likeness (QED) is 0.503. The lowest BCUT2D eigenvalue weighted by atomic mass is 10.1. The molecule has 4 N–H and O–H groups in total. The van der Waals surface area contributed by atoms with Crippen LogP contribution < -0.4 is 11.1 Å². The molecule has 3 aromatic heterocycles.